The Kier molecular flexibility index (Phi) is 3.88. The third-order valence-electron chi connectivity index (χ3n) is 2.18. The molecule has 1 aromatic rings. The molecule has 0 aromatic carbocycles. The van der Waals surface area contributed by atoms with E-state index in [2.05, 4.69) is 23.8 Å². The van der Waals surface area contributed by atoms with Crippen LogP contribution in [-0.4, -0.2) is 21.0 Å². The molecule has 0 saturated carbocycles. The molecule has 2 N–H and O–H groups in total. The molecule has 1 aromatic heterocycles. The highest BCUT2D eigenvalue weighted by Crippen LogP contribution is 2.12. The van der Waals surface area contributed by atoms with Crippen molar-refractivity contribution in [3.05, 3.63) is 17.2 Å². The molecule has 0 unspecified atom stereocenters. The third kappa shape index (κ3) is 3.38. The number of aromatic amines is 1. The van der Waals surface area contributed by atoms with Gasteiger partial charge in [0.05, 0.1) is 5.69 Å². The van der Waals surface area contributed by atoms with E-state index in [4.69, 9.17) is 5.11 Å². The lowest BCUT2D eigenvalue weighted by molar-refractivity contribution is -0.136. The zero-order valence-corrected chi connectivity index (χ0v) is 9.50. The summed E-state index contributed by atoms with van der Waals surface area (Å²) in [6, 6.07) is 0. The second kappa shape index (κ2) is 4.96. The zero-order chi connectivity index (χ0) is 11.4. The van der Waals surface area contributed by atoms with Crippen LogP contribution in [0.4, 0.5) is 0 Å². The molecular weight excluding hydrogens is 192 g/mol. The second-order valence-electron chi connectivity index (χ2n) is 4.13. The molecule has 4 nitrogen and oxygen atoms in total. The number of aromatic nitrogens is 2. The van der Waals surface area contributed by atoms with E-state index in [0.29, 0.717) is 11.7 Å². The Morgan fingerprint density at radius 2 is 2.20 bits per heavy atom. The van der Waals surface area contributed by atoms with Crippen LogP contribution in [0.5, 0.6) is 0 Å². The predicted molar refractivity (Wildman–Crippen MR) is 57.8 cm³/mol. The van der Waals surface area contributed by atoms with E-state index < -0.39 is 5.97 Å². The summed E-state index contributed by atoms with van der Waals surface area (Å²) < 4.78 is 0. The molecule has 0 radical (unpaired) electrons. The van der Waals surface area contributed by atoms with Gasteiger partial charge < -0.3 is 10.1 Å². The van der Waals surface area contributed by atoms with Crippen molar-refractivity contribution in [2.24, 2.45) is 5.92 Å². The van der Waals surface area contributed by atoms with Crippen LogP contribution in [0.2, 0.25) is 0 Å². The average Bonchev–Trinajstić information content (AvgIpc) is 2.45. The second-order valence-corrected chi connectivity index (χ2v) is 4.13. The summed E-state index contributed by atoms with van der Waals surface area (Å²) in [6.07, 6.45) is 1.75. The minimum atomic E-state index is -0.845. The number of carboxylic acid groups (broad SMARTS) is 1. The first-order valence-corrected chi connectivity index (χ1v) is 5.31. The summed E-state index contributed by atoms with van der Waals surface area (Å²) in [7, 11) is 0. The number of aliphatic carboxylic acids is 1. The molecule has 0 aliphatic carbocycles. The number of imidazole rings is 1. The van der Waals surface area contributed by atoms with E-state index in [0.717, 1.165) is 24.2 Å². The molecule has 1 heterocycles. The van der Waals surface area contributed by atoms with Gasteiger partial charge in [-0.3, -0.25) is 4.79 Å². The van der Waals surface area contributed by atoms with Crippen LogP contribution in [0, 0.1) is 5.92 Å². The van der Waals surface area contributed by atoms with Gasteiger partial charge >= 0.3 is 5.97 Å². The van der Waals surface area contributed by atoms with E-state index in [1.54, 1.807) is 0 Å². The number of nitrogens with zero attached hydrogens (tertiary/aromatic N) is 1. The van der Waals surface area contributed by atoms with Gasteiger partial charge in [0, 0.05) is 5.69 Å². The fourth-order valence-corrected chi connectivity index (χ4v) is 1.60. The van der Waals surface area contributed by atoms with Crippen LogP contribution in [-0.2, 0) is 24.1 Å². The van der Waals surface area contributed by atoms with Gasteiger partial charge in [-0.15, -0.1) is 0 Å². The highest BCUT2D eigenvalue weighted by atomic mass is 16.4. The SMILES string of the molecule is CCc1nc(CC(=O)O)[nH]c1CC(C)C. The number of hydrogen-bond donors (Lipinski definition) is 2. The molecule has 15 heavy (non-hydrogen) atoms. The Morgan fingerprint density at radius 1 is 1.53 bits per heavy atom. The lowest BCUT2D eigenvalue weighted by Crippen LogP contribution is -2.02. The minimum absolute atomic E-state index is 0.0227. The first-order valence-electron chi connectivity index (χ1n) is 5.31. The molecule has 0 aliphatic heterocycles. The lowest BCUT2D eigenvalue weighted by Gasteiger charge is -2.03. The number of nitrogens with one attached hydrogen (secondary N) is 1. The van der Waals surface area contributed by atoms with Crippen molar-refractivity contribution in [3.8, 4) is 0 Å². The lowest BCUT2D eigenvalue weighted by atomic mass is 10.1. The van der Waals surface area contributed by atoms with E-state index in [-0.39, 0.29) is 6.42 Å². The van der Waals surface area contributed by atoms with E-state index >= 15 is 0 Å². The van der Waals surface area contributed by atoms with Crippen LogP contribution in [0.15, 0.2) is 0 Å². The van der Waals surface area contributed by atoms with Crippen LogP contribution in [0.25, 0.3) is 0 Å². The summed E-state index contributed by atoms with van der Waals surface area (Å²) in [5.41, 5.74) is 2.09. The van der Waals surface area contributed by atoms with Crippen molar-refractivity contribution < 1.29 is 9.90 Å². The van der Waals surface area contributed by atoms with Crippen molar-refractivity contribution in [1.82, 2.24) is 9.97 Å². The summed E-state index contributed by atoms with van der Waals surface area (Å²) in [5, 5.41) is 8.66. The first kappa shape index (κ1) is 11.8. The van der Waals surface area contributed by atoms with Gasteiger partial charge in [-0.05, 0) is 18.8 Å². The maximum absolute atomic E-state index is 10.5. The third-order valence-corrected chi connectivity index (χ3v) is 2.18. The molecular formula is C11H18N2O2. The Bertz CT molecular complexity index is 342. The molecule has 0 atom stereocenters. The van der Waals surface area contributed by atoms with Gasteiger partial charge in [0.25, 0.3) is 0 Å². The molecule has 1 rings (SSSR count). The number of H-pyrrole nitrogens is 1. The van der Waals surface area contributed by atoms with Crippen molar-refractivity contribution in [1.29, 1.82) is 0 Å². The molecule has 0 amide bonds. The molecule has 0 saturated heterocycles. The fraction of sp³-hybridized carbons (Fsp3) is 0.636. The Balaban J connectivity index is 2.84. The monoisotopic (exact) mass is 210 g/mol. The molecule has 0 fully saturated rings. The molecule has 0 aliphatic rings. The number of carboxylic acids is 1. The van der Waals surface area contributed by atoms with Gasteiger partial charge in [-0.1, -0.05) is 20.8 Å². The van der Waals surface area contributed by atoms with Crippen LogP contribution < -0.4 is 0 Å². The number of rotatable bonds is 5. The fourth-order valence-electron chi connectivity index (χ4n) is 1.60. The van der Waals surface area contributed by atoms with Crippen LogP contribution in [0.3, 0.4) is 0 Å². The average molecular weight is 210 g/mol. The highest BCUT2D eigenvalue weighted by molar-refractivity contribution is 5.69. The Hall–Kier alpha value is -1.32. The maximum atomic E-state index is 10.5. The molecule has 0 bridgehead atoms. The van der Waals surface area contributed by atoms with Gasteiger partial charge in [0.1, 0.15) is 12.2 Å². The standard InChI is InChI=1S/C11H18N2O2/c1-4-8-9(5-7(2)3)13-10(12-8)6-11(14)15/h7H,4-6H2,1-3H3,(H,12,13)(H,14,15). The van der Waals surface area contributed by atoms with Crippen molar-refractivity contribution in [2.45, 2.75) is 40.0 Å². The molecule has 4 heteroatoms. The van der Waals surface area contributed by atoms with Crippen molar-refractivity contribution >= 4 is 5.97 Å². The Labute approximate surface area is 89.7 Å². The van der Waals surface area contributed by atoms with E-state index in [1.807, 2.05) is 6.92 Å². The van der Waals surface area contributed by atoms with Gasteiger partial charge in [0.15, 0.2) is 0 Å². The quantitative estimate of drug-likeness (QED) is 0.778. The number of carbonyl (C=O) groups is 1. The van der Waals surface area contributed by atoms with E-state index in [1.165, 1.54) is 0 Å². The number of hydrogen-bond acceptors (Lipinski definition) is 2. The van der Waals surface area contributed by atoms with Gasteiger partial charge in [-0.25, -0.2) is 4.98 Å². The van der Waals surface area contributed by atoms with Crippen molar-refractivity contribution in [3.63, 3.8) is 0 Å². The normalized spacial score (nSPS) is 10.9. The van der Waals surface area contributed by atoms with E-state index in [9.17, 15) is 4.79 Å². The van der Waals surface area contributed by atoms with Gasteiger partial charge in [-0.2, -0.15) is 0 Å². The largest absolute Gasteiger partial charge is 0.481 e. The first-order chi connectivity index (χ1) is 7.02. The van der Waals surface area contributed by atoms with Crippen molar-refractivity contribution in [2.75, 3.05) is 0 Å². The topological polar surface area (TPSA) is 66.0 Å². The van der Waals surface area contributed by atoms with Gasteiger partial charge in [0.2, 0.25) is 0 Å². The number of aryl methyl sites for hydroxylation is 1. The predicted octanol–water partition coefficient (Wildman–Crippen LogP) is 1.80. The maximum Gasteiger partial charge on any atom is 0.311 e. The van der Waals surface area contributed by atoms with Crippen LogP contribution >= 0.6 is 0 Å². The minimum Gasteiger partial charge on any atom is -0.481 e. The molecule has 84 valence electrons. The summed E-state index contributed by atoms with van der Waals surface area (Å²) >= 11 is 0. The summed E-state index contributed by atoms with van der Waals surface area (Å²) in [6.45, 7) is 6.30. The smallest absolute Gasteiger partial charge is 0.311 e. The Morgan fingerprint density at radius 3 is 2.67 bits per heavy atom. The summed E-state index contributed by atoms with van der Waals surface area (Å²) in [4.78, 5) is 17.9. The van der Waals surface area contributed by atoms with Crippen LogP contribution in [0.1, 0.15) is 38.0 Å². The molecule has 0 spiro atoms. The summed E-state index contributed by atoms with van der Waals surface area (Å²) in [5.74, 6) is 0.269. The highest BCUT2D eigenvalue weighted by Gasteiger charge is 2.11. The zero-order valence-electron chi connectivity index (χ0n) is 9.50.